The van der Waals surface area contributed by atoms with Gasteiger partial charge in [-0.2, -0.15) is 4.31 Å². The number of halogens is 1. The summed E-state index contributed by atoms with van der Waals surface area (Å²) >= 11 is 1.50. The molecule has 220 valence electrons. The first kappa shape index (κ1) is 32.4. The second-order valence-electron chi connectivity index (χ2n) is 9.86. The topological polar surface area (TPSA) is 83.1 Å². The SMILES string of the molecule is CCCCN(CCCC)S(=O)(=O)c1ccc(C(=O)N(CCCN2CCOCC2)c2nc3ccccc3s2)cc1.Cl. The number of morpholine rings is 1. The number of para-hydroxylation sites is 1. The summed E-state index contributed by atoms with van der Waals surface area (Å²) in [4.78, 5) is 22.9. The zero-order valence-electron chi connectivity index (χ0n) is 23.5. The van der Waals surface area contributed by atoms with E-state index in [0.29, 0.717) is 30.3 Å². The number of fused-ring (bicyclic) bond motifs is 1. The van der Waals surface area contributed by atoms with Crippen molar-refractivity contribution in [3.05, 3.63) is 54.1 Å². The highest BCUT2D eigenvalue weighted by Crippen LogP contribution is 2.30. The standard InChI is InChI=1S/C29H40N4O4S2.ClH/c1-3-5-17-32(18-6-4-2)39(35,36)25-14-12-24(13-15-25)28(34)33(19-9-16-31-20-22-37-23-21-31)29-30-26-10-7-8-11-27(26)38-29;/h7-8,10-15H,3-6,9,16-23H2,1-2H3;1H. The average Bonchev–Trinajstić information content (AvgIpc) is 3.39. The van der Waals surface area contributed by atoms with Gasteiger partial charge in [0.15, 0.2) is 5.13 Å². The van der Waals surface area contributed by atoms with Crippen LogP contribution < -0.4 is 4.90 Å². The number of carbonyl (C=O) groups excluding carboxylic acids is 1. The Morgan fingerprint density at radius 3 is 2.23 bits per heavy atom. The summed E-state index contributed by atoms with van der Waals surface area (Å²) in [6.45, 7) is 9.82. The maximum absolute atomic E-state index is 13.8. The van der Waals surface area contributed by atoms with Crippen molar-refractivity contribution in [3.8, 4) is 0 Å². The second kappa shape index (κ2) is 15.8. The summed E-state index contributed by atoms with van der Waals surface area (Å²) in [5.41, 5.74) is 1.32. The average molecular weight is 609 g/mol. The molecule has 3 aromatic rings. The van der Waals surface area contributed by atoms with Crippen molar-refractivity contribution in [1.82, 2.24) is 14.2 Å². The molecule has 0 radical (unpaired) electrons. The van der Waals surface area contributed by atoms with E-state index in [1.807, 2.05) is 24.3 Å². The van der Waals surface area contributed by atoms with E-state index in [0.717, 1.165) is 75.2 Å². The number of aromatic nitrogens is 1. The monoisotopic (exact) mass is 608 g/mol. The Bertz CT molecular complexity index is 1270. The Labute approximate surface area is 248 Å². The molecule has 0 unspecified atom stereocenters. The molecular formula is C29H41ClN4O4S2. The molecule has 0 saturated carbocycles. The number of rotatable bonds is 14. The van der Waals surface area contributed by atoms with Crippen LogP contribution in [-0.4, -0.2) is 81.0 Å². The molecule has 1 aliphatic heterocycles. The zero-order valence-corrected chi connectivity index (χ0v) is 25.9. The van der Waals surface area contributed by atoms with Crippen LogP contribution in [0.15, 0.2) is 53.4 Å². The van der Waals surface area contributed by atoms with E-state index in [1.165, 1.54) is 11.3 Å². The smallest absolute Gasteiger partial charge is 0.260 e. The number of carbonyl (C=O) groups is 1. The number of hydrogen-bond donors (Lipinski definition) is 0. The van der Waals surface area contributed by atoms with Gasteiger partial charge in [0.05, 0.1) is 28.3 Å². The molecule has 1 saturated heterocycles. The van der Waals surface area contributed by atoms with Gasteiger partial charge in [0.1, 0.15) is 0 Å². The van der Waals surface area contributed by atoms with Crippen LogP contribution in [0.3, 0.4) is 0 Å². The molecule has 1 aromatic heterocycles. The maximum atomic E-state index is 13.8. The van der Waals surface area contributed by atoms with Crippen LogP contribution in [0.4, 0.5) is 5.13 Å². The molecule has 11 heteroatoms. The van der Waals surface area contributed by atoms with Crippen molar-refractivity contribution < 1.29 is 17.9 Å². The molecule has 0 atom stereocenters. The number of anilines is 1. The van der Waals surface area contributed by atoms with Gasteiger partial charge in [-0.3, -0.25) is 14.6 Å². The Hall–Kier alpha value is -2.08. The van der Waals surface area contributed by atoms with Gasteiger partial charge >= 0.3 is 0 Å². The first-order chi connectivity index (χ1) is 18.9. The van der Waals surface area contributed by atoms with Gasteiger partial charge in [0, 0.05) is 44.8 Å². The van der Waals surface area contributed by atoms with Gasteiger partial charge in [-0.15, -0.1) is 12.4 Å². The highest BCUT2D eigenvalue weighted by Gasteiger charge is 2.26. The van der Waals surface area contributed by atoms with Crippen LogP contribution in [-0.2, 0) is 14.8 Å². The van der Waals surface area contributed by atoms with Gasteiger partial charge in [0.2, 0.25) is 10.0 Å². The normalized spacial score (nSPS) is 14.4. The van der Waals surface area contributed by atoms with E-state index in [2.05, 4.69) is 18.7 Å². The molecule has 2 heterocycles. The predicted molar refractivity (Wildman–Crippen MR) is 165 cm³/mol. The van der Waals surface area contributed by atoms with Gasteiger partial charge in [-0.1, -0.05) is 50.2 Å². The van der Waals surface area contributed by atoms with E-state index in [9.17, 15) is 13.2 Å². The lowest BCUT2D eigenvalue weighted by Gasteiger charge is -2.27. The maximum Gasteiger partial charge on any atom is 0.260 e. The number of ether oxygens (including phenoxy) is 1. The number of nitrogens with zero attached hydrogens (tertiary/aromatic N) is 4. The number of unbranched alkanes of at least 4 members (excludes halogenated alkanes) is 2. The largest absolute Gasteiger partial charge is 0.379 e. The first-order valence-electron chi connectivity index (χ1n) is 14.0. The molecule has 0 N–H and O–H groups in total. The highest BCUT2D eigenvalue weighted by atomic mass is 35.5. The number of sulfonamides is 1. The second-order valence-corrected chi connectivity index (χ2v) is 12.8. The lowest BCUT2D eigenvalue weighted by Crippen LogP contribution is -2.39. The lowest BCUT2D eigenvalue weighted by atomic mass is 10.2. The third-order valence-corrected chi connectivity index (χ3v) is 9.95. The molecule has 1 amide bonds. The van der Waals surface area contributed by atoms with Crippen molar-refractivity contribution >= 4 is 55.0 Å². The van der Waals surface area contributed by atoms with Crippen molar-refractivity contribution in [2.45, 2.75) is 50.8 Å². The third-order valence-electron chi connectivity index (χ3n) is 6.98. The minimum Gasteiger partial charge on any atom is -0.379 e. The number of benzene rings is 2. The van der Waals surface area contributed by atoms with E-state index in [-0.39, 0.29) is 23.2 Å². The minimum atomic E-state index is -3.62. The highest BCUT2D eigenvalue weighted by molar-refractivity contribution is 7.89. The number of hydrogen-bond acceptors (Lipinski definition) is 7. The summed E-state index contributed by atoms with van der Waals surface area (Å²) in [7, 11) is -3.62. The van der Waals surface area contributed by atoms with E-state index in [1.54, 1.807) is 33.5 Å². The zero-order chi connectivity index (χ0) is 27.7. The third kappa shape index (κ3) is 8.24. The minimum absolute atomic E-state index is 0. The van der Waals surface area contributed by atoms with Gasteiger partial charge < -0.3 is 4.74 Å². The van der Waals surface area contributed by atoms with Crippen LogP contribution >= 0.6 is 23.7 Å². The van der Waals surface area contributed by atoms with Gasteiger partial charge in [-0.05, 0) is 55.7 Å². The summed E-state index contributed by atoms with van der Waals surface area (Å²) in [5.74, 6) is -0.172. The summed E-state index contributed by atoms with van der Waals surface area (Å²) < 4.78 is 34.8. The fourth-order valence-corrected chi connectivity index (χ4v) is 7.14. The van der Waals surface area contributed by atoms with Crippen LogP contribution in [0, 0.1) is 0 Å². The Morgan fingerprint density at radius 1 is 0.950 bits per heavy atom. The van der Waals surface area contributed by atoms with Crippen LogP contribution in [0.25, 0.3) is 10.2 Å². The fraction of sp³-hybridized carbons (Fsp3) is 0.517. The summed E-state index contributed by atoms with van der Waals surface area (Å²) in [5, 5.41) is 0.658. The van der Waals surface area contributed by atoms with Crippen molar-refractivity contribution in [2.75, 3.05) is 57.4 Å². The number of amides is 1. The Balaban J connectivity index is 0.00000441. The summed E-state index contributed by atoms with van der Waals surface area (Å²) in [6.07, 6.45) is 4.30. The van der Waals surface area contributed by atoms with Gasteiger partial charge in [0.25, 0.3) is 5.91 Å². The molecule has 1 aliphatic rings. The summed E-state index contributed by atoms with van der Waals surface area (Å²) in [6, 6.07) is 14.3. The van der Waals surface area contributed by atoms with Crippen molar-refractivity contribution in [1.29, 1.82) is 0 Å². The molecule has 0 spiro atoms. The molecule has 2 aromatic carbocycles. The number of thiazole rings is 1. The first-order valence-corrected chi connectivity index (χ1v) is 16.3. The molecule has 1 fully saturated rings. The quantitative estimate of drug-likeness (QED) is 0.234. The predicted octanol–water partition coefficient (Wildman–Crippen LogP) is 5.68. The van der Waals surface area contributed by atoms with Crippen LogP contribution in [0.2, 0.25) is 0 Å². The molecular weight excluding hydrogens is 568 g/mol. The molecule has 8 nitrogen and oxygen atoms in total. The fourth-order valence-electron chi connectivity index (χ4n) is 4.63. The van der Waals surface area contributed by atoms with E-state index >= 15 is 0 Å². The van der Waals surface area contributed by atoms with Crippen LogP contribution in [0.5, 0.6) is 0 Å². The Kier molecular flexibility index (Phi) is 12.8. The van der Waals surface area contributed by atoms with Gasteiger partial charge in [-0.25, -0.2) is 13.4 Å². The van der Waals surface area contributed by atoms with E-state index < -0.39 is 10.0 Å². The Morgan fingerprint density at radius 2 is 1.60 bits per heavy atom. The molecule has 40 heavy (non-hydrogen) atoms. The van der Waals surface area contributed by atoms with Crippen molar-refractivity contribution in [2.24, 2.45) is 0 Å². The van der Waals surface area contributed by atoms with Crippen molar-refractivity contribution in [3.63, 3.8) is 0 Å². The lowest BCUT2D eigenvalue weighted by molar-refractivity contribution is 0.0376. The molecule has 0 bridgehead atoms. The molecule has 0 aliphatic carbocycles. The van der Waals surface area contributed by atoms with E-state index in [4.69, 9.17) is 9.72 Å². The molecule has 4 rings (SSSR count). The van der Waals surface area contributed by atoms with Crippen LogP contribution in [0.1, 0.15) is 56.3 Å².